The molecule has 0 N–H and O–H groups in total. The van der Waals surface area contributed by atoms with Gasteiger partial charge in [-0.25, -0.2) is 0 Å². The third-order valence-corrected chi connectivity index (χ3v) is 5.22. The molecule has 0 aliphatic carbocycles. The largest absolute Gasteiger partial charge is 0.350 e. The monoisotopic (exact) mass is 361 g/mol. The van der Waals surface area contributed by atoms with Gasteiger partial charge in [-0.15, -0.1) is 0 Å². The van der Waals surface area contributed by atoms with E-state index in [2.05, 4.69) is 0 Å². The van der Waals surface area contributed by atoms with E-state index in [9.17, 15) is 9.59 Å². The van der Waals surface area contributed by atoms with E-state index >= 15 is 0 Å². The molecule has 1 aromatic heterocycles. The van der Waals surface area contributed by atoms with Gasteiger partial charge in [-0.2, -0.15) is 0 Å². The van der Waals surface area contributed by atoms with Crippen molar-refractivity contribution in [2.75, 3.05) is 26.2 Å². The zero-order valence-corrected chi connectivity index (χ0v) is 15.5. The lowest BCUT2D eigenvalue weighted by Crippen LogP contribution is -2.37. The minimum absolute atomic E-state index is 0.0371. The van der Waals surface area contributed by atoms with Gasteiger partial charge in [-0.1, -0.05) is 36.4 Å². The average molecular weight is 361 g/mol. The lowest BCUT2D eigenvalue weighted by molar-refractivity contribution is 0.0719. The molecule has 3 aromatic rings. The number of hydrogen-bond acceptors (Lipinski definition) is 2. The zero-order chi connectivity index (χ0) is 18.8. The molecular formula is C22H23N3O2. The Morgan fingerprint density at radius 1 is 0.778 bits per heavy atom. The van der Waals surface area contributed by atoms with Crippen LogP contribution in [0.3, 0.4) is 0 Å². The normalized spacial score (nSPS) is 15.0. The fraction of sp³-hybridized carbons (Fsp3) is 0.273. The molecule has 1 aliphatic heterocycles. The summed E-state index contributed by atoms with van der Waals surface area (Å²) in [7, 11) is 1.96. The van der Waals surface area contributed by atoms with Crippen molar-refractivity contribution in [3.05, 3.63) is 71.9 Å². The quantitative estimate of drug-likeness (QED) is 0.704. The van der Waals surface area contributed by atoms with Gasteiger partial charge in [0, 0.05) is 55.9 Å². The maximum Gasteiger partial charge on any atom is 0.256 e. The third kappa shape index (κ3) is 3.33. The maximum absolute atomic E-state index is 13.1. The molecule has 0 radical (unpaired) electrons. The second-order valence-corrected chi connectivity index (χ2v) is 6.97. The van der Waals surface area contributed by atoms with Gasteiger partial charge >= 0.3 is 0 Å². The highest BCUT2D eigenvalue weighted by Gasteiger charge is 2.25. The van der Waals surface area contributed by atoms with Crippen molar-refractivity contribution in [1.82, 2.24) is 14.4 Å². The number of benzene rings is 2. The highest BCUT2D eigenvalue weighted by Crippen LogP contribution is 2.22. The van der Waals surface area contributed by atoms with E-state index in [1.54, 1.807) is 0 Å². The van der Waals surface area contributed by atoms with Crippen molar-refractivity contribution in [3.63, 3.8) is 0 Å². The van der Waals surface area contributed by atoms with Crippen LogP contribution in [0.15, 0.2) is 60.8 Å². The number of hydrogen-bond donors (Lipinski definition) is 0. The molecule has 5 heteroatoms. The molecule has 2 amide bonds. The van der Waals surface area contributed by atoms with Crippen LogP contribution in [-0.2, 0) is 7.05 Å². The van der Waals surface area contributed by atoms with Crippen LogP contribution in [0.5, 0.6) is 0 Å². The summed E-state index contributed by atoms with van der Waals surface area (Å²) in [5.74, 6) is 0.0795. The molecule has 0 saturated carbocycles. The predicted octanol–water partition coefficient (Wildman–Crippen LogP) is 3.17. The van der Waals surface area contributed by atoms with Gasteiger partial charge in [0.15, 0.2) is 0 Å². The summed E-state index contributed by atoms with van der Waals surface area (Å²) >= 11 is 0. The molecule has 5 nitrogen and oxygen atoms in total. The molecule has 0 atom stereocenters. The SMILES string of the molecule is Cn1cc(C(=O)N2CCCN(C(=O)c3ccccc3)CC2)c2ccccc21. The van der Waals surface area contributed by atoms with Crippen molar-refractivity contribution in [1.29, 1.82) is 0 Å². The van der Waals surface area contributed by atoms with Gasteiger partial charge in [0.1, 0.15) is 0 Å². The second kappa shape index (κ2) is 7.27. The number of carbonyl (C=O) groups is 2. The van der Waals surface area contributed by atoms with Gasteiger partial charge in [0.25, 0.3) is 11.8 Å². The van der Waals surface area contributed by atoms with Crippen LogP contribution in [0.4, 0.5) is 0 Å². The van der Waals surface area contributed by atoms with Crippen LogP contribution in [0.25, 0.3) is 10.9 Å². The minimum Gasteiger partial charge on any atom is -0.350 e. The Morgan fingerprint density at radius 2 is 1.41 bits per heavy atom. The standard InChI is InChI=1S/C22H23N3O2/c1-23-16-19(18-10-5-6-11-20(18)23)22(27)25-13-7-12-24(14-15-25)21(26)17-8-3-2-4-9-17/h2-6,8-11,16H,7,12-15H2,1H3. The van der Waals surface area contributed by atoms with Crippen LogP contribution in [0, 0.1) is 0 Å². The lowest BCUT2D eigenvalue weighted by atomic mass is 10.1. The van der Waals surface area contributed by atoms with E-state index in [1.807, 2.05) is 82.2 Å². The molecule has 0 bridgehead atoms. The van der Waals surface area contributed by atoms with Gasteiger partial charge < -0.3 is 14.4 Å². The van der Waals surface area contributed by atoms with Gasteiger partial charge in [-0.3, -0.25) is 9.59 Å². The van der Waals surface area contributed by atoms with Crippen molar-refractivity contribution >= 4 is 22.7 Å². The summed E-state index contributed by atoms with van der Waals surface area (Å²) in [6.45, 7) is 2.46. The summed E-state index contributed by atoms with van der Waals surface area (Å²) < 4.78 is 1.99. The Balaban J connectivity index is 1.51. The minimum atomic E-state index is 0.0371. The topological polar surface area (TPSA) is 45.6 Å². The third-order valence-electron chi connectivity index (χ3n) is 5.22. The summed E-state index contributed by atoms with van der Waals surface area (Å²) in [5.41, 5.74) is 2.49. The Bertz CT molecular complexity index is 978. The molecule has 4 rings (SSSR count). The molecule has 0 unspecified atom stereocenters. The van der Waals surface area contributed by atoms with Crippen LogP contribution in [0.2, 0.25) is 0 Å². The van der Waals surface area contributed by atoms with Crippen LogP contribution < -0.4 is 0 Å². The van der Waals surface area contributed by atoms with Crippen molar-refractivity contribution in [2.45, 2.75) is 6.42 Å². The number of aryl methyl sites for hydroxylation is 1. The van der Waals surface area contributed by atoms with Gasteiger partial charge in [-0.05, 0) is 24.6 Å². The van der Waals surface area contributed by atoms with Gasteiger partial charge in [0.2, 0.25) is 0 Å². The number of fused-ring (bicyclic) bond motifs is 1. The lowest BCUT2D eigenvalue weighted by Gasteiger charge is -2.22. The summed E-state index contributed by atoms with van der Waals surface area (Å²) in [6.07, 6.45) is 2.69. The number of carbonyl (C=O) groups excluding carboxylic acids is 2. The number of amides is 2. The first-order chi connectivity index (χ1) is 13.1. The highest BCUT2D eigenvalue weighted by atomic mass is 16.2. The summed E-state index contributed by atoms with van der Waals surface area (Å²) in [6, 6.07) is 17.3. The fourth-order valence-corrected chi connectivity index (χ4v) is 3.77. The van der Waals surface area contributed by atoms with Crippen molar-refractivity contribution < 1.29 is 9.59 Å². The van der Waals surface area contributed by atoms with Crippen molar-refractivity contribution in [2.24, 2.45) is 7.05 Å². The Hall–Kier alpha value is -3.08. The fourth-order valence-electron chi connectivity index (χ4n) is 3.77. The first kappa shape index (κ1) is 17.3. The Morgan fingerprint density at radius 3 is 2.15 bits per heavy atom. The van der Waals surface area contributed by atoms with Gasteiger partial charge in [0.05, 0.1) is 5.56 Å². The number of aromatic nitrogens is 1. The first-order valence-corrected chi connectivity index (χ1v) is 9.33. The molecule has 138 valence electrons. The molecule has 1 saturated heterocycles. The highest BCUT2D eigenvalue weighted by molar-refractivity contribution is 6.07. The Kier molecular flexibility index (Phi) is 4.67. The molecule has 1 fully saturated rings. The van der Waals surface area contributed by atoms with Crippen LogP contribution >= 0.6 is 0 Å². The number of para-hydroxylation sites is 1. The molecule has 2 aromatic carbocycles. The average Bonchev–Trinajstić information content (AvgIpc) is 2.89. The smallest absolute Gasteiger partial charge is 0.256 e. The molecule has 1 aliphatic rings. The number of rotatable bonds is 2. The van der Waals surface area contributed by atoms with Crippen molar-refractivity contribution in [3.8, 4) is 0 Å². The molecule has 0 spiro atoms. The predicted molar refractivity (Wildman–Crippen MR) is 106 cm³/mol. The Labute approximate surface area is 158 Å². The van der Waals surface area contributed by atoms with Crippen LogP contribution in [-0.4, -0.2) is 52.4 Å². The molecule has 27 heavy (non-hydrogen) atoms. The number of nitrogens with zero attached hydrogens (tertiary/aromatic N) is 3. The zero-order valence-electron chi connectivity index (χ0n) is 15.5. The maximum atomic E-state index is 13.1. The van der Waals surface area contributed by atoms with E-state index in [0.29, 0.717) is 31.7 Å². The van der Waals surface area contributed by atoms with E-state index in [-0.39, 0.29) is 11.8 Å². The summed E-state index contributed by atoms with van der Waals surface area (Å²) in [5, 5.41) is 0.978. The van der Waals surface area contributed by atoms with E-state index < -0.39 is 0 Å². The van der Waals surface area contributed by atoms with E-state index in [0.717, 1.165) is 22.9 Å². The first-order valence-electron chi connectivity index (χ1n) is 9.33. The van der Waals surface area contributed by atoms with Crippen LogP contribution in [0.1, 0.15) is 27.1 Å². The molecular weight excluding hydrogens is 338 g/mol. The summed E-state index contributed by atoms with van der Waals surface area (Å²) in [4.78, 5) is 29.6. The molecule has 2 heterocycles. The van der Waals surface area contributed by atoms with E-state index in [1.165, 1.54) is 0 Å². The second-order valence-electron chi connectivity index (χ2n) is 6.97. The van der Waals surface area contributed by atoms with E-state index in [4.69, 9.17) is 0 Å².